The molecule has 0 unspecified atom stereocenters. The van der Waals surface area contributed by atoms with Crippen molar-refractivity contribution in [1.29, 1.82) is 0 Å². The number of halogens is 2. The minimum absolute atomic E-state index is 0.0813. The molecule has 1 N–H and O–H groups in total. The van der Waals surface area contributed by atoms with Gasteiger partial charge in [0.05, 0.1) is 12.8 Å². The van der Waals surface area contributed by atoms with Gasteiger partial charge >= 0.3 is 0 Å². The maximum absolute atomic E-state index is 13.5. The monoisotopic (exact) mass is 436 g/mol. The Kier molecular flexibility index (Phi) is 7.62. The van der Waals surface area contributed by atoms with E-state index in [0.717, 1.165) is 19.3 Å². The molecule has 0 saturated heterocycles. The van der Waals surface area contributed by atoms with Crippen LogP contribution in [0.5, 0.6) is 0 Å². The number of nitrogens with one attached hydrogen (secondary N) is 1. The Morgan fingerprint density at radius 1 is 1.21 bits per heavy atom. The number of hydrogen-bond acceptors (Lipinski definition) is 3. The Bertz CT molecular complexity index is 825. The molecule has 1 aliphatic carbocycles. The minimum atomic E-state index is -0.894. The lowest BCUT2D eigenvalue weighted by Crippen LogP contribution is -2.49. The van der Waals surface area contributed by atoms with Crippen LogP contribution in [0.4, 0.5) is 0 Å². The van der Waals surface area contributed by atoms with Crippen LogP contribution >= 0.6 is 23.2 Å². The van der Waals surface area contributed by atoms with Gasteiger partial charge in [0.2, 0.25) is 11.8 Å². The average Bonchev–Trinajstić information content (AvgIpc) is 3.23. The number of amides is 2. The van der Waals surface area contributed by atoms with Gasteiger partial charge in [-0.25, -0.2) is 0 Å². The largest absolute Gasteiger partial charge is 0.467 e. The maximum atomic E-state index is 13.5. The molecule has 1 aromatic heterocycles. The van der Waals surface area contributed by atoms with Crippen molar-refractivity contribution >= 4 is 35.0 Å². The van der Waals surface area contributed by atoms with E-state index >= 15 is 0 Å². The fraction of sp³-hybridized carbons (Fsp3) is 0.455. The molecule has 3 atom stereocenters. The first-order valence-electron chi connectivity index (χ1n) is 9.94. The zero-order valence-electron chi connectivity index (χ0n) is 16.4. The predicted molar refractivity (Wildman–Crippen MR) is 114 cm³/mol. The number of benzene rings is 1. The predicted octanol–water partition coefficient (Wildman–Crippen LogP) is 4.94. The summed E-state index contributed by atoms with van der Waals surface area (Å²) in [6.07, 6.45) is 5.81. The Labute approximate surface area is 181 Å². The smallest absolute Gasteiger partial charge is 0.247 e. The summed E-state index contributed by atoms with van der Waals surface area (Å²) in [4.78, 5) is 27.7. The number of rotatable bonds is 7. The molecule has 5 nitrogen and oxygen atoms in total. The highest BCUT2D eigenvalue weighted by Gasteiger charge is 2.35. The van der Waals surface area contributed by atoms with Crippen LogP contribution in [0, 0.1) is 5.92 Å². The summed E-state index contributed by atoms with van der Waals surface area (Å²) in [6.45, 7) is 2.28. The zero-order valence-corrected chi connectivity index (χ0v) is 18.0. The van der Waals surface area contributed by atoms with Crippen molar-refractivity contribution in [2.24, 2.45) is 5.92 Å². The molecule has 0 aliphatic heterocycles. The molecule has 0 radical (unpaired) electrons. The van der Waals surface area contributed by atoms with Crippen LogP contribution in [-0.2, 0) is 16.1 Å². The van der Waals surface area contributed by atoms with E-state index in [-0.39, 0.29) is 30.3 Å². The van der Waals surface area contributed by atoms with Gasteiger partial charge in [0.1, 0.15) is 17.7 Å². The van der Waals surface area contributed by atoms with Crippen molar-refractivity contribution in [2.75, 3.05) is 5.88 Å². The van der Waals surface area contributed by atoms with E-state index in [2.05, 4.69) is 12.2 Å². The quantitative estimate of drug-likeness (QED) is 0.625. The van der Waals surface area contributed by atoms with Gasteiger partial charge in [-0.05, 0) is 37.0 Å². The molecule has 0 bridgehead atoms. The summed E-state index contributed by atoms with van der Waals surface area (Å²) in [6, 6.07) is 9.79. The summed E-state index contributed by atoms with van der Waals surface area (Å²) in [7, 11) is 0. The zero-order chi connectivity index (χ0) is 20.8. The molecule has 156 valence electrons. The number of furan rings is 1. The van der Waals surface area contributed by atoms with E-state index in [4.69, 9.17) is 27.6 Å². The molecule has 1 fully saturated rings. The van der Waals surface area contributed by atoms with Crippen molar-refractivity contribution in [2.45, 2.75) is 51.2 Å². The van der Waals surface area contributed by atoms with Gasteiger partial charge < -0.3 is 14.6 Å². The second-order valence-corrected chi connectivity index (χ2v) is 8.21. The molecule has 7 heteroatoms. The second-order valence-electron chi connectivity index (χ2n) is 7.54. The topological polar surface area (TPSA) is 62.6 Å². The lowest BCUT2D eigenvalue weighted by atomic mass is 9.85. The molecular formula is C22H26Cl2N2O3. The highest BCUT2D eigenvalue weighted by atomic mass is 35.5. The minimum Gasteiger partial charge on any atom is -0.467 e. The maximum Gasteiger partial charge on any atom is 0.247 e. The van der Waals surface area contributed by atoms with E-state index in [1.54, 1.807) is 36.4 Å². The molecule has 1 heterocycles. The van der Waals surface area contributed by atoms with E-state index < -0.39 is 6.04 Å². The van der Waals surface area contributed by atoms with E-state index in [1.165, 1.54) is 17.6 Å². The normalized spacial score (nSPS) is 20.1. The first-order chi connectivity index (χ1) is 14.0. The number of alkyl halides is 1. The Balaban J connectivity index is 1.95. The highest BCUT2D eigenvalue weighted by molar-refractivity contribution is 6.31. The van der Waals surface area contributed by atoms with Gasteiger partial charge in [0.15, 0.2) is 0 Å². The van der Waals surface area contributed by atoms with Gasteiger partial charge in [-0.2, -0.15) is 0 Å². The van der Waals surface area contributed by atoms with Crippen LogP contribution in [0.3, 0.4) is 0 Å². The van der Waals surface area contributed by atoms with Crippen molar-refractivity contribution in [3.05, 3.63) is 59.0 Å². The van der Waals surface area contributed by atoms with E-state index in [0.29, 0.717) is 22.3 Å². The van der Waals surface area contributed by atoms with Gasteiger partial charge in [-0.15, -0.1) is 11.6 Å². The standard InChI is InChI=1S/C22H26Cl2N2O3/c1-15-7-2-5-11-19(15)25-22(28)21(17-9-3-4-10-18(17)24)26(20(27)13-23)14-16-8-6-12-29-16/h3-4,6,8-10,12,15,19,21H,2,5,7,11,13-14H2,1H3,(H,25,28)/t15-,19+,21-/m1/s1. The Hall–Kier alpha value is -1.98. The van der Waals surface area contributed by atoms with Crippen molar-refractivity contribution in [3.63, 3.8) is 0 Å². The third-order valence-corrected chi connectivity index (χ3v) is 6.11. The molecule has 2 amide bonds. The lowest BCUT2D eigenvalue weighted by molar-refractivity contribution is -0.140. The van der Waals surface area contributed by atoms with Crippen LogP contribution in [0.15, 0.2) is 47.1 Å². The van der Waals surface area contributed by atoms with Crippen molar-refractivity contribution in [3.8, 4) is 0 Å². The number of carbonyl (C=O) groups excluding carboxylic acids is 2. The Morgan fingerprint density at radius 3 is 2.62 bits per heavy atom. The fourth-order valence-electron chi connectivity index (χ4n) is 3.91. The summed E-state index contributed by atoms with van der Waals surface area (Å²) in [5.74, 6) is 0.109. The fourth-order valence-corrected chi connectivity index (χ4v) is 4.30. The number of nitrogens with zero attached hydrogens (tertiary/aromatic N) is 1. The molecule has 29 heavy (non-hydrogen) atoms. The van der Waals surface area contributed by atoms with Gasteiger partial charge in [0, 0.05) is 16.6 Å². The SMILES string of the molecule is C[C@@H]1CCCC[C@@H]1NC(=O)[C@@H](c1ccccc1Cl)N(Cc1ccco1)C(=O)CCl. The third kappa shape index (κ3) is 5.34. The molecule has 1 aromatic carbocycles. The molecule has 0 spiro atoms. The first kappa shape index (κ1) is 21.7. The second kappa shape index (κ2) is 10.2. The van der Waals surface area contributed by atoms with Gasteiger partial charge in [0.25, 0.3) is 0 Å². The molecule has 2 aromatic rings. The Morgan fingerprint density at radius 2 is 1.97 bits per heavy atom. The first-order valence-corrected chi connectivity index (χ1v) is 10.8. The molecular weight excluding hydrogens is 411 g/mol. The van der Waals surface area contributed by atoms with Crippen LogP contribution in [0.2, 0.25) is 5.02 Å². The highest BCUT2D eigenvalue weighted by Crippen LogP contribution is 2.31. The third-order valence-electron chi connectivity index (χ3n) is 5.54. The average molecular weight is 437 g/mol. The van der Waals surface area contributed by atoms with Gasteiger partial charge in [-0.1, -0.05) is 49.6 Å². The van der Waals surface area contributed by atoms with Crippen molar-refractivity contribution < 1.29 is 14.0 Å². The van der Waals surface area contributed by atoms with E-state index in [1.807, 2.05) is 0 Å². The number of hydrogen-bond donors (Lipinski definition) is 1. The van der Waals surface area contributed by atoms with Crippen LogP contribution in [-0.4, -0.2) is 28.6 Å². The molecule has 1 saturated carbocycles. The molecule has 1 aliphatic rings. The summed E-state index contributed by atoms with van der Waals surface area (Å²) >= 11 is 12.3. The van der Waals surface area contributed by atoms with E-state index in [9.17, 15) is 9.59 Å². The van der Waals surface area contributed by atoms with Crippen LogP contribution in [0.25, 0.3) is 0 Å². The molecule has 3 rings (SSSR count). The summed E-state index contributed by atoms with van der Waals surface area (Å²) in [5, 5.41) is 3.60. The number of carbonyl (C=O) groups is 2. The van der Waals surface area contributed by atoms with Crippen molar-refractivity contribution in [1.82, 2.24) is 10.2 Å². The lowest BCUT2D eigenvalue weighted by Gasteiger charge is -2.35. The van der Waals surface area contributed by atoms with Crippen LogP contribution in [0.1, 0.15) is 50.0 Å². The van der Waals surface area contributed by atoms with Crippen LogP contribution < -0.4 is 5.32 Å². The van der Waals surface area contributed by atoms with Gasteiger partial charge in [-0.3, -0.25) is 9.59 Å². The summed E-state index contributed by atoms with van der Waals surface area (Å²) < 4.78 is 5.42. The summed E-state index contributed by atoms with van der Waals surface area (Å²) in [5.41, 5.74) is 0.570.